The second-order valence-electron chi connectivity index (χ2n) is 7.55. The Kier molecular flexibility index (Phi) is 6.40. The summed E-state index contributed by atoms with van der Waals surface area (Å²) in [6.07, 6.45) is 4.99. The smallest absolute Gasteiger partial charge is 0.261 e. The number of rotatable bonds is 7. The lowest BCUT2D eigenvalue weighted by atomic mass is 10.1. The SMILES string of the molecule is Cc1nc(OCCNC(=O)Cn2cnc3ccccc3c2=O)cc(N2CCCCC2)n1. The van der Waals surface area contributed by atoms with Crippen LogP contribution >= 0.6 is 0 Å². The molecule has 0 unspecified atom stereocenters. The lowest BCUT2D eigenvalue weighted by Gasteiger charge is -2.28. The molecule has 4 rings (SSSR count). The van der Waals surface area contributed by atoms with Gasteiger partial charge in [0.05, 0.1) is 23.8 Å². The number of nitrogens with zero attached hydrogens (tertiary/aromatic N) is 5. The van der Waals surface area contributed by atoms with Crippen molar-refractivity contribution >= 4 is 22.6 Å². The maximum atomic E-state index is 12.5. The van der Waals surface area contributed by atoms with Crippen molar-refractivity contribution in [3.8, 4) is 5.88 Å². The summed E-state index contributed by atoms with van der Waals surface area (Å²) in [6.45, 7) is 4.31. The van der Waals surface area contributed by atoms with E-state index in [1.165, 1.54) is 30.2 Å². The number of nitrogens with one attached hydrogen (secondary N) is 1. The first-order valence-electron chi connectivity index (χ1n) is 10.5. The normalized spacial score (nSPS) is 13.9. The second-order valence-corrected chi connectivity index (χ2v) is 7.55. The Balaban J connectivity index is 1.29. The highest BCUT2D eigenvalue weighted by atomic mass is 16.5. The summed E-state index contributed by atoms with van der Waals surface area (Å²) in [6, 6.07) is 8.92. The summed E-state index contributed by atoms with van der Waals surface area (Å²) in [5.74, 6) is 1.76. The number of piperidine rings is 1. The van der Waals surface area contributed by atoms with Crippen LogP contribution in [0.1, 0.15) is 25.1 Å². The van der Waals surface area contributed by atoms with E-state index in [4.69, 9.17) is 4.74 Å². The van der Waals surface area contributed by atoms with Gasteiger partial charge in [0.15, 0.2) is 0 Å². The Morgan fingerprint density at radius 3 is 2.81 bits per heavy atom. The summed E-state index contributed by atoms with van der Waals surface area (Å²) in [4.78, 5) is 40.0. The first-order chi connectivity index (χ1) is 15.1. The van der Waals surface area contributed by atoms with E-state index in [-0.39, 0.29) is 24.6 Å². The molecular formula is C22H26N6O3. The number of carbonyl (C=O) groups excluding carboxylic acids is 1. The number of carbonyl (C=O) groups is 1. The molecule has 31 heavy (non-hydrogen) atoms. The second kappa shape index (κ2) is 9.55. The zero-order valence-electron chi connectivity index (χ0n) is 17.6. The average Bonchev–Trinajstić information content (AvgIpc) is 2.79. The fourth-order valence-electron chi connectivity index (χ4n) is 3.66. The van der Waals surface area contributed by atoms with Crippen molar-refractivity contribution in [1.29, 1.82) is 0 Å². The molecule has 0 aliphatic carbocycles. The van der Waals surface area contributed by atoms with Crippen molar-refractivity contribution in [3.63, 3.8) is 0 Å². The Morgan fingerprint density at radius 2 is 1.97 bits per heavy atom. The zero-order valence-corrected chi connectivity index (χ0v) is 17.6. The van der Waals surface area contributed by atoms with Gasteiger partial charge in [0, 0.05) is 19.2 Å². The molecule has 9 heteroatoms. The Morgan fingerprint density at radius 1 is 1.16 bits per heavy atom. The van der Waals surface area contributed by atoms with Gasteiger partial charge in [-0.25, -0.2) is 9.97 Å². The van der Waals surface area contributed by atoms with Crippen molar-refractivity contribution in [1.82, 2.24) is 24.8 Å². The van der Waals surface area contributed by atoms with Crippen LogP contribution in [0.2, 0.25) is 0 Å². The lowest BCUT2D eigenvalue weighted by Crippen LogP contribution is -2.34. The van der Waals surface area contributed by atoms with Gasteiger partial charge in [0.2, 0.25) is 11.8 Å². The number of anilines is 1. The number of fused-ring (bicyclic) bond motifs is 1. The highest BCUT2D eigenvalue weighted by Crippen LogP contribution is 2.21. The van der Waals surface area contributed by atoms with Crippen LogP contribution in [0.15, 0.2) is 41.5 Å². The van der Waals surface area contributed by atoms with Crippen LogP contribution in [0.25, 0.3) is 10.9 Å². The quantitative estimate of drug-likeness (QED) is 0.578. The van der Waals surface area contributed by atoms with Gasteiger partial charge in [-0.05, 0) is 38.3 Å². The summed E-state index contributed by atoms with van der Waals surface area (Å²) in [5, 5.41) is 3.25. The van der Waals surface area contributed by atoms with Gasteiger partial charge in [-0.15, -0.1) is 0 Å². The molecule has 0 bridgehead atoms. The molecule has 1 saturated heterocycles. The van der Waals surface area contributed by atoms with Crippen molar-refractivity contribution in [2.24, 2.45) is 0 Å². The van der Waals surface area contributed by atoms with Crippen LogP contribution in [-0.4, -0.2) is 51.7 Å². The molecule has 1 aliphatic heterocycles. The minimum Gasteiger partial charge on any atom is -0.476 e. The molecule has 1 aliphatic rings. The number of benzene rings is 1. The van der Waals surface area contributed by atoms with Crippen LogP contribution in [0, 0.1) is 6.92 Å². The van der Waals surface area contributed by atoms with E-state index < -0.39 is 0 Å². The Hall–Kier alpha value is -3.49. The molecular weight excluding hydrogens is 396 g/mol. The minimum absolute atomic E-state index is 0.0949. The molecule has 1 amide bonds. The van der Waals surface area contributed by atoms with Gasteiger partial charge in [-0.3, -0.25) is 14.2 Å². The maximum Gasteiger partial charge on any atom is 0.261 e. The van der Waals surface area contributed by atoms with Crippen molar-refractivity contribution in [2.45, 2.75) is 32.7 Å². The summed E-state index contributed by atoms with van der Waals surface area (Å²) < 4.78 is 7.03. The molecule has 2 aromatic heterocycles. The van der Waals surface area contributed by atoms with Crippen LogP contribution in [0.4, 0.5) is 5.82 Å². The third kappa shape index (κ3) is 5.17. The van der Waals surface area contributed by atoms with Crippen LogP contribution in [-0.2, 0) is 11.3 Å². The van der Waals surface area contributed by atoms with Gasteiger partial charge in [-0.2, -0.15) is 4.98 Å². The van der Waals surface area contributed by atoms with Gasteiger partial charge in [0.25, 0.3) is 5.56 Å². The van der Waals surface area contributed by atoms with E-state index in [0.717, 1.165) is 18.9 Å². The predicted octanol–water partition coefficient (Wildman–Crippen LogP) is 1.68. The van der Waals surface area contributed by atoms with Crippen LogP contribution in [0.5, 0.6) is 5.88 Å². The molecule has 1 fully saturated rings. The van der Waals surface area contributed by atoms with E-state index >= 15 is 0 Å². The molecule has 9 nitrogen and oxygen atoms in total. The minimum atomic E-state index is -0.282. The lowest BCUT2D eigenvalue weighted by molar-refractivity contribution is -0.121. The Bertz CT molecular complexity index is 1120. The third-order valence-electron chi connectivity index (χ3n) is 5.20. The summed E-state index contributed by atoms with van der Waals surface area (Å²) in [5.41, 5.74) is 0.375. The van der Waals surface area contributed by atoms with Gasteiger partial charge >= 0.3 is 0 Å². The molecule has 162 valence electrons. The number of aromatic nitrogens is 4. The summed E-state index contributed by atoms with van der Waals surface area (Å²) >= 11 is 0. The van der Waals surface area contributed by atoms with Gasteiger partial charge in [-0.1, -0.05) is 12.1 Å². The topological polar surface area (TPSA) is 102 Å². The first kappa shape index (κ1) is 20.8. The number of aryl methyl sites for hydroxylation is 1. The largest absolute Gasteiger partial charge is 0.476 e. The van der Waals surface area contributed by atoms with Gasteiger partial charge in [0.1, 0.15) is 24.8 Å². The van der Waals surface area contributed by atoms with Crippen molar-refractivity contribution in [3.05, 3.63) is 52.8 Å². The maximum absolute atomic E-state index is 12.5. The number of para-hydroxylation sites is 1. The van der Waals surface area contributed by atoms with Crippen molar-refractivity contribution < 1.29 is 9.53 Å². The molecule has 1 N–H and O–H groups in total. The molecule has 0 atom stereocenters. The first-order valence-corrected chi connectivity index (χ1v) is 10.5. The molecule has 0 radical (unpaired) electrons. The fraction of sp³-hybridized carbons (Fsp3) is 0.409. The highest BCUT2D eigenvalue weighted by molar-refractivity contribution is 5.78. The van der Waals surface area contributed by atoms with Crippen LogP contribution < -0.4 is 20.5 Å². The van der Waals surface area contributed by atoms with E-state index in [2.05, 4.69) is 25.2 Å². The monoisotopic (exact) mass is 422 g/mol. The van der Waals surface area contributed by atoms with Gasteiger partial charge < -0.3 is 15.0 Å². The average molecular weight is 422 g/mol. The number of hydrogen-bond donors (Lipinski definition) is 1. The highest BCUT2D eigenvalue weighted by Gasteiger charge is 2.14. The van der Waals surface area contributed by atoms with Crippen LogP contribution in [0.3, 0.4) is 0 Å². The molecule has 0 spiro atoms. The van der Waals surface area contributed by atoms with E-state index in [0.29, 0.717) is 29.2 Å². The Labute approximate surface area is 180 Å². The predicted molar refractivity (Wildman–Crippen MR) is 117 cm³/mol. The number of hydrogen-bond acceptors (Lipinski definition) is 7. The third-order valence-corrected chi connectivity index (χ3v) is 5.20. The standard InChI is InChI=1S/C22H26N6O3/c1-16-25-19(27-10-5-2-6-11-27)13-21(26-16)31-12-9-23-20(29)14-28-15-24-18-8-4-3-7-17(18)22(28)30/h3-4,7-8,13,15H,2,5-6,9-12,14H2,1H3,(H,23,29). The van der Waals surface area contributed by atoms with E-state index in [1.54, 1.807) is 18.2 Å². The number of ether oxygens (including phenoxy) is 1. The van der Waals surface area contributed by atoms with Crippen molar-refractivity contribution in [2.75, 3.05) is 31.1 Å². The fourth-order valence-corrected chi connectivity index (χ4v) is 3.66. The molecule has 3 heterocycles. The van der Waals surface area contributed by atoms with E-state index in [1.807, 2.05) is 19.1 Å². The molecule has 0 saturated carbocycles. The zero-order chi connectivity index (χ0) is 21.6. The summed E-state index contributed by atoms with van der Waals surface area (Å²) in [7, 11) is 0. The number of amides is 1. The van der Waals surface area contributed by atoms with E-state index in [9.17, 15) is 9.59 Å². The molecule has 1 aromatic carbocycles. The molecule has 3 aromatic rings.